The molecule has 0 bridgehead atoms. The fraction of sp³-hybridized carbons (Fsp3) is 0.192. The fourth-order valence-corrected chi connectivity index (χ4v) is 4.44. The van der Waals surface area contributed by atoms with Gasteiger partial charge in [0.2, 0.25) is 0 Å². The van der Waals surface area contributed by atoms with Crippen molar-refractivity contribution >= 4 is 28.2 Å². The number of nitro groups is 1. The highest BCUT2D eigenvalue weighted by Gasteiger charge is 2.23. The van der Waals surface area contributed by atoms with Gasteiger partial charge in [-0.05, 0) is 55.5 Å². The fourth-order valence-electron chi connectivity index (χ4n) is 4.44. The van der Waals surface area contributed by atoms with E-state index in [0.29, 0.717) is 54.2 Å². The monoisotopic (exact) mass is 469 g/mol. The molecular formula is C26H23N5O4. The van der Waals surface area contributed by atoms with Gasteiger partial charge in [-0.1, -0.05) is 12.1 Å². The topological polar surface area (TPSA) is 102 Å². The molecule has 1 aromatic heterocycles. The molecule has 1 amide bonds. The number of hydrogen-bond acceptors (Lipinski definition) is 6. The second-order valence-corrected chi connectivity index (χ2v) is 8.42. The van der Waals surface area contributed by atoms with E-state index in [-0.39, 0.29) is 17.2 Å². The number of rotatable bonds is 4. The molecule has 9 heteroatoms. The summed E-state index contributed by atoms with van der Waals surface area (Å²) in [6.45, 7) is 4.16. The number of benzene rings is 3. The van der Waals surface area contributed by atoms with Crippen LogP contribution in [0.4, 0.5) is 11.4 Å². The Morgan fingerprint density at radius 2 is 1.51 bits per heavy atom. The molecule has 0 atom stereocenters. The van der Waals surface area contributed by atoms with Crippen LogP contribution in [0.3, 0.4) is 0 Å². The van der Waals surface area contributed by atoms with E-state index in [9.17, 15) is 19.7 Å². The molecule has 4 aromatic rings. The number of fused-ring (bicyclic) bond motifs is 1. The van der Waals surface area contributed by atoms with E-state index in [1.807, 2.05) is 18.2 Å². The first-order valence-electron chi connectivity index (χ1n) is 11.3. The number of amides is 1. The highest BCUT2D eigenvalue weighted by Crippen LogP contribution is 2.21. The number of non-ortho nitro benzene ring substituents is 1. The molecule has 2 heterocycles. The van der Waals surface area contributed by atoms with Crippen LogP contribution in [-0.2, 0) is 0 Å². The third-order valence-corrected chi connectivity index (χ3v) is 6.31. The van der Waals surface area contributed by atoms with Gasteiger partial charge in [-0.25, -0.2) is 4.98 Å². The summed E-state index contributed by atoms with van der Waals surface area (Å²) < 4.78 is 1.56. The SMILES string of the molecule is Cc1nc2ccccc2c(=O)n1-c1ccc(C(=O)N2CCN(c3ccc([N+](=O)[O-])cc3)CC2)cc1. The lowest BCUT2D eigenvalue weighted by Gasteiger charge is -2.36. The van der Waals surface area contributed by atoms with Crippen LogP contribution in [0.15, 0.2) is 77.6 Å². The quantitative estimate of drug-likeness (QED) is 0.335. The first-order valence-corrected chi connectivity index (χ1v) is 11.3. The Morgan fingerprint density at radius 3 is 2.17 bits per heavy atom. The molecule has 1 aliphatic rings. The third-order valence-electron chi connectivity index (χ3n) is 6.31. The molecule has 9 nitrogen and oxygen atoms in total. The molecule has 3 aromatic carbocycles. The molecule has 0 aliphatic carbocycles. The molecular weight excluding hydrogens is 446 g/mol. The Morgan fingerprint density at radius 1 is 0.886 bits per heavy atom. The lowest BCUT2D eigenvalue weighted by Crippen LogP contribution is -2.48. The van der Waals surface area contributed by atoms with E-state index in [1.54, 1.807) is 58.9 Å². The molecule has 35 heavy (non-hydrogen) atoms. The van der Waals surface area contributed by atoms with Gasteiger partial charge in [0.25, 0.3) is 17.2 Å². The van der Waals surface area contributed by atoms with Crippen molar-refractivity contribution in [3.8, 4) is 5.69 Å². The molecule has 1 fully saturated rings. The van der Waals surface area contributed by atoms with Crippen molar-refractivity contribution in [1.82, 2.24) is 14.5 Å². The van der Waals surface area contributed by atoms with Crippen LogP contribution in [0, 0.1) is 17.0 Å². The molecule has 1 aliphatic heterocycles. The minimum absolute atomic E-state index is 0.0583. The summed E-state index contributed by atoms with van der Waals surface area (Å²) in [7, 11) is 0. The summed E-state index contributed by atoms with van der Waals surface area (Å²) in [6, 6.07) is 20.7. The van der Waals surface area contributed by atoms with Crippen molar-refractivity contribution < 1.29 is 9.72 Å². The number of aryl methyl sites for hydroxylation is 1. The normalized spacial score (nSPS) is 13.7. The van der Waals surface area contributed by atoms with Crippen LogP contribution in [0.1, 0.15) is 16.2 Å². The van der Waals surface area contributed by atoms with Crippen molar-refractivity contribution in [1.29, 1.82) is 0 Å². The Labute approximate surface area is 201 Å². The summed E-state index contributed by atoms with van der Waals surface area (Å²) in [5.41, 5.74) is 2.68. The maximum absolute atomic E-state index is 13.1. The number of nitro benzene ring substituents is 1. The van der Waals surface area contributed by atoms with Gasteiger partial charge in [-0.2, -0.15) is 0 Å². The van der Waals surface area contributed by atoms with E-state index in [2.05, 4.69) is 9.88 Å². The van der Waals surface area contributed by atoms with Gasteiger partial charge >= 0.3 is 0 Å². The van der Waals surface area contributed by atoms with E-state index < -0.39 is 4.92 Å². The van der Waals surface area contributed by atoms with Crippen molar-refractivity contribution in [3.05, 3.63) is 105 Å². The Hall–Kier alpha value is -4.53. The van der Waals surface area contributed by atoms with Crippen molar-refractivity contribution in [2.24, 2.45) is 0 Å². The largest absolute Gasteiger partial charge is 0.368 e. The summed E-state index contributed by atoms with van der Waals surface area (Å²) in [6.07, 6.45) is 0. The maximum Gasteiger partial charge on any atom is 0.269 e. The van der Waals surface area contributed by atoms with Crippen molar-refractivity contribution in [2.45, 2.75) is 6.92 Å². The Balaban J connectivity index is 1.29. The molecule has 5 rings (SSSR count). The first kappa shape index (κ1) is 22.3. The first-order chi connectivity index (χ1) is 16.9. The van der Waals surface area contributed by atoms with E-state index in [4.69, 9.17) is 0 Å². The number of piperazine rings is 1. The van der Waals surface area contributed by atoms with Gasteiger partial charge in [0.05, 0.1) is 21.5 Å². The van der Waals surface area contributed by atoms with Crippen LogP contribution in [0.25, 0.3) is 16.6 Å². The molecule has 1 saturated heterocycles. The van der Waals surface area contributed by atoms with Crippen LogP contribution in [0.5, 0.6) is 0 Å². The predicted molar refractivity (Wildman–Crippen MR) is 133 cm³/mol. The summed E-state index contributed by atoms with van der Waals surface area (Å²) in [5, 5.41) is 11.4. The summed E-state index contributed by atoms with van der Waals surface area (Å²) in [4.78, 5) is 45.0. The summed E-state index contributed by atoms with van der Waals surface area (Å²) in [5.74, 6) is 0.510. The number of nitrogens with zero attached hydrogens (tertiary/aromatic N) is 5. The van der Waals surface area contributed by atoms with Gasteiger partial charge in [0.1, 0.15) is 5.82 Å². The molecule has 0 radical (unpaired) electrons. The number of para-hydroxylation sites is 1. The van der Waals surface area contributed by atoms with Crippen LogP contribution >= 0.6 is 0 Å². The number of hydrogen-bond donors (Lipinski definition) is 0. The van der Waals surface area contributed by atoms with Gasteiger partial charge in [0.15, 0.2) is 0 Å². The molecule has 0 unspecified atom stereocenters. The van der Waals surface area contributed by atoms with Gasteiger partial charge in [0, 0.05) is 49.6 Å². The highest BCUT2D eigenvalue weighted by molar-refractivity contribution is 5.94. The zero-order chi connectivity index (χ0) is 24.5. The second kappa shape index (κ2) is 9.02. The van der Waals surface area contributed by atoms with Gasteiger partial charge < -0.3 is 9.80 Å². The average molecular weight is 470 g/mol. The third kappa shape index (κ3) is 4.23. The predicted octanol–water partition coefficient (Wildman–Crippen LogP) is 3.56. The smallest absolute Gasteiger partial charge is 0.269 e. The number of carbonyl (C=O) groups is 1. The van der Waals surface area contributed by atoms with E-state index in [1.165, 1.54) is 12.1 Å². The zero-order valence-electron chi connectivity index (χ0n) is 19.1. The van der Waals surface area contributed by atoms with Crippen molar-refractivity contribution in [3.63, 3.8) is 0 Å². The van der Waals surface area contributed by atoms with Gasteiger partial charge in [-0.15, -0.1) is 0 Å². The lowest BCUT2D eigenvalue weighted by atomic mass is 10.1. The lowest BCUT2D eigenvalue weighted by molar-refractivity contribution is -0.384. The Bertz CT molecular complexity index is 1470. The van der Waals surface area contributed by atoms with E-state index >= 15 is 0 Å². The van der Waals surface area contributed by atoms with Crippen molar-refractivity contribution in [2.75, 3.05) is 31.1 Å². The maximum atomic E-state index is 13.1. The summed E-state index contributed by atoms with van der Waals surface area (Å²) >= 11 is 0. The Kier molecular flexibility index (Phi) is 5.74. The van der Waals surface area contributed by atoms with Crippen LogP contribution in [0.2, 0.25) is 0 Å². The molecule has 0 saturated carbocycles. The highest BCUT2D eigenvalue weighted by atomic mass is 16.6. The average Bonchev–Trinajstić information content (AvgIpc) is 2.89. The van der Waals surface area contributed by atoms with Gasteiger partial charge in [-0.3, -0.25) is 24.3 Å². The molecule has 0 spiro atoms. The molecule has 0 N–H and O–H groups in total. The van der Waals surface area contributed by atoms with Crippen LogP contribution < -0.4 is 10.5 Å². The number of aromatic nitrogens is 2. The zero-order valence-corrected chi connectivity index (χ0v) is 19.1. The number of anilines is 1. The molecule has 176 valence electrons. The number of carbonyl (C=O) groups excluding carboxylic acids is 1. The minimum atomic E-state index is -0.417. The van der Waals surface area contributed by atoms with Crippen LogP contribution in [-0.4, -0.2) is 51.5 Å². The minimum Gasteiger partial charge on any atom is -0.368 e. The van der Waals surface area contributed by atoms with E-state index in [0.717, 1.165) is 5.69 Å². The second-order valence-electron chi connectivity index (χ2n) is 8.42. The standard InChI is InChI=1S/C26H23N5O4/c1-18-27-24-5-3-2-4-23(24)26(33)30(18)21-8-6-19(7-9-21)25(32)29-16-14-28(15-17-29)20-10-12-22(13-11-20)31(34)35/h2-13H,14-17H2,1H3.